The summed E-state index contributed by atoms with van der Waals surface area (Å²) in [4.78, 5) is 21.9. The molecule has 1 atom stereocenters. The van der Waals surface area contributed by atoms with E-state index in [0.717, 1.165) is 37.7 Å². The Hall–Kier alpha value is -2.94. The highest BCUT2D eigenvalue weighted by atomic mass is 19.3. The van der Waals surface area contributed by atoms with Crippen LogP contribution in [0, 0.1) is 12.7 Å². The van der Waals surface area contributed by atoms with Gasteiger partial charge in [0.1, 0.15) is 23.0 Å². The maximum atomic E-state index is 14.7. The fourth-order valence-electron chi connectivity index (χ4n) is 4.38. The lowest BCUT2D eigenvalue weighted by molar-refractivity contribution is 0.146. The van der Waals surface area contributed by atoms with E-state index in [4.69, 9.17) is 0 Å². The van der Waals surface area contributed by atoms with Crippen LogP contribution in [0.25, 0.3) is 10.9 Å². The number of nitrogens with zero attached hydrogens (tertiary/aromatic N) is 3. The minimum Gasteiger partial charge on any atom is -0.363 e. The number of halogens is 3. The van der Waals surface area contributed by atoms with Gasteiger partial charge in [-0.1, -0.05) is 18.2 Å². The fraction of sp³-hybridized carbons (Fsp3) is 0.435. The van der Waals surface area contributed by atoms with Crippen LogP contribution < -0.4 is 16.2 Å². The van der Waals surface area contributed by atoms with Gasteiger partial charge in [0.05, 0.1) is 17.0 Å². The standard InChI is InChI=1S/C23H26F3N5O/c1-12(15-5-4-6-16(19(15)24)21(25)26)28-22-17-11-18(14-7-9-27-10-8-14)31(3)23(32)20(17)29-13(2)30-22/h4-6,11-12,14,21,27H,7-10H2,1-3H3,(H,28,29,30)/t12-/m1/s1. The molecule has 9 heteroatoms. The van der Waals surface area contributed by atoms with Gasteiger partial charge in [0.2, 0.25) is 0 Å². The zero-order chi connectivity index (χ0) is 23.0. The average Bonchev–Trinajstić information content (AvgIpc) is 2.77. The summed E-state index contributed by atoms with van der Waals surface area (Å²) in [7, 11) is 1.75. The Bertz CT molecular complexity index is 1200. The lowest BCUT2D eigenvalue weighted by Crippen LogP contribution is -2.31. The van der Waals surface area contributed by atoms with E-state index < -0.39 is 23.8 Å². The quantitative estimate of drug-likeness (QED) is 0.611. The number of piperidine rings is 1. The van der Waals surface area contributed by atoms with Crippen LogP contribution in [0.1, 0.15) is 60.8 Å². The molecule has 0 amide bonds. The zero-order valence-corrected chi connectivity index (χ0v) is 18.3. The summed E-state index contributed by atoms with van der Waals surface area (Å²) in [5, 5.41) is 7.00. The van der Waals surface area contributed by atoms with Gasteiger partial charge in [0, 0.05) is 24.2 Å². The Morgan fingerprint density at radius 2 is 1.88 bits per heavy atom. The van der Waals surface area contributed by atoms with Crippen molar-refractivity contribution in [2.45, 2.75) is 45.1 Å². The molecule has 1 saturated heterocycles. The van der Waals surface area contributed by atoms with Crippen LogP contribution in [0.5, 0.6) is 0 Å². The highest BCUT2D eigenvalue weighted by molar-refractivity contribution is 5.89. The topological polar surface area (TPSA) is 71.8 Å². The number of hydrogen-bond acceptors (Lipinski definition) is 5. The van der Waals surface area contributed by atoms with Crippen LogP contribution in [0.2, 0.25) is 0 Å². The number of aromatic nitrogens is 3. The van der Waals surface area contributed by atoms with Crippen LogP contribution in [0.4, 0.5) is 19.0 Å². The first-order valence-electron chi connectivity index (χ1n) is 10.7. The highest BCUT2D eigenvalue weighted by Crippen LogP contribution is 2.32. The van der Waals surface area contributed by atoms with Crippen LogP contribution in [-0.4, -0.2) is 27.6 Å². The smallest absolute Gasteiger partial charge is 0.277 e. The van der Waals surface area contributed by atoms with Crippen molar-refractivity contribution >= 4 is 16.7 Å². The Labute approximate surface area is 183 Å². The summed E-state index contributed by atoms with van der Waals surface area (Å²) >= 11 is 0. The largest absolute Gasteiger partial charge is 0.363 e. The van der Waals surface area contributed by atoms with Gasteiger partial charge in [0.15, 0.2) is 0 Å². The minimum atomic E-state index is -2.90. The van der Waals surface area contributed by atoms with E-state index in [1.807, 2.05) is 6.07 Å². The third-order valence-electron chi connectivity index (χ3n) is 6.11. The second-order valence-corrected chi connectivity index (χ2v) is 8.26. The minimum absolute atomic E-state index is 0.106. The number of benzene rings is 1. The Balaban J connectivity index is 1.79. The molecule has 0 bridgehead atoms. The molecule has 2 aromatic heterocycles. The maximum absolute atomic E-state index is 14.7. The number of hydrogen-bond donors (Lipinski definition) is 2. The van der Waals surface area contributed by atoms with E-state index in [1.54, 1.807) is 25.5 Å². The van der Waals surface area contributed by atoms with Crippen molar-refractivity contribution in [2.75, 3.05) is 18.4 Å². The first-order chi connectivity index (χ1) is 15.3. The third kappa shape index (κ3) is 4.09. The van der Waals surface area contributed by atoms with Gasteiger partial charge in [-0.05, 0) is 45.8 Å². The van der Waals surface area contributed by atoms with E-state index in [-0.39, 0.29) is 22.6 Å². The van der Waals surface area contributed by atoms with Crippen LogP contribution >= 0.6 is 0 Å². The molecule has 0 saturated carbocycles. The second kappa shape index (κ2) is 8.90. The molecule has 4 rings (SSSR count). The number of nitrogens with one attached hydrogen (secondary N) is 2. The molecule has 6 nitrogen and oxygen atoms in total. The van der Waals surface area contributed by atoms with Crippen LogP contribution in [0.3, 0.4) is 0 Å². The molecule has 0 unspecified atom stereocenters. The second-order valence-electron chi connectivity index (χ2n) is 8.26. The van der Waals surface area contributed by atoms with Gasteiger partial charge in [-0.25, -0.2) is 23.1 Å². The van der Waals surface area contributed by atoms with Crippen molar-refractivity contribution in [1.82, 2.24) is 19.9 Å². The molecule has 170 valence electrons. The van der Waals surface area contributed by atoms with Crippen molar-refractivity contribution in [2.24, 2.45) is 7.05 Å². The molecule has 1 aliphatic heterocycles. The Kier molecular flexibility index (Phi) is 6.19. The molecule has 0 aliphatic carbocycles. The summed E-state index contributed by atoms with van der Waals surface area (Å²) in [6, 6.07) is 5.22. The molecular weight excluding hydrogens is 419 g/mol. The van der Waals surface area contributed by atoms with Crippen molar-refractivity contribution in [3.63, 3.8) is 0 Å². The molecule has 1 fully saturated rings. The van der Waals surface area contributed by atoms with E-state index in [2.05, 4.69) is 20.6 Å². The number of rotatable bonds is 5. The zero-order valence-electron chi connectivity index (χ0n) is 18.3. The monoisotopic (exact) mass is 445 g/mol. The lowest BCUT2D eigenvalue weighted by atomic mass is 9.93. The number of anilines is 1. The number of fused-ring (bicyclic) bond motifs is 1. The molecule has 0 spiro atoms. The maximum Gasteiger partial charge on any atom is 0.277 e. The van der Waals surface area contributed by atoms with Crippen molar-refractivity contribution < 1.29 is 13.2 Å². The summed E-state index contributed by atoms with van der Waals surface area (Å²) in [6.07, 6.45) is -1.08. The number of aryl methyl sites for hydroxylation is 1. The lowest BCUT2D eigenvalue weighted by Gasteiger charge is -2.25. The normalized spacial score (nSPS) is 16.0. The fourth-order valence-corrected chi connectivity index (χ4v) is 4.38. The summed E-state index contributed by atoms with van der Waals surface area (Å²) in [5.41, 5.74) is 0.423. The van der Waals surface area contributed by atoms with Gasteiger partial charge in [-0.15, -0.1) is 0 Å². The Morgan fingerprint density at radius 3 is 2.56 bits per heavy atom. The first-order valence-corrected chi connectivity index (χ1v) is 10.7. The number of alkyl halides is 2. The Morgan fingerprint density at radius 1 is 1.19 bits per heavy atom. The summed E-state index contributed by atoms with van der Waals surface area (Å²) in [5.74, 6) is 0.0597. The molecule has 2 N–H and O–H groups in total. The first kappa shape index (κ1) is 22.3. The van der Waals surface area contributed by atoms with E-state index in [9.17, 15) is 18.0 Å². The molecule has 32 heavy (non-hydrogen) atoms. The van der Waals surface area contributed by atoms with Crippen molar-refractivity contribution in [3.05, 3.63) is 63.1 Å². The van der Waals surface area contributed by atoms with Gasteiger partial charge in [-0.2, -0.15) is 0 Å². The SMILES string of the molecule is Cc1nc(N[C@H](C)c2cccc(C(F)F)c2F)c2cc(C3CCNCC3)n(C)c(=O)c2n1. The van der Waals surface area contributed by atoms with E-state index in [0.29, 0.717) is 17.0 Å². The van der Waals surface area contributed by atoms with Crippen molar-refractivity contribution in [3.8, 4) is 0 Å². The molecule has 1 aliphatic rings. The molecule has 3 heterocycles. The molecule has 1 aromatic carbocycles. The molecular formula is C23H26F3N5O. The van der Waals surface area contributed by atoms with Gasteiger partial charge in [0.25, 0.3) is 12.0 Å². The summed E-state index contributed by atoms with van der Waals surface area (Å²) < 4.78 is 42.6. The summed E-state index contributed by atoms with van der Waals surface area (Å²) in [6.45, 7) is 5.10. The number of pyridine rings is 1. The predicted molar refractivity (Wildman–Crippen MR) is 118 cm³/mol. The molecule has 3 aromatic rings. The highest BCUT2D eigenvalue weighted by Gasteiger charge is 2.23. The van der Waals surface area contributed by atoms with Crippen LogP contribution in [0.15, 0.2) is 29.1 Å². The van der Waals surface area contributed by atoms with Gasteiger partial charge >= 0.3 is 0 Å². The van der Waals surface area contributed by atoms with E-state index in [1.165, 1.54) is 12.1 Å². The van der Waals surface area contributed by atoms with Crippen LogP contribution in [-0.2, 0) is 7.05 Å². The predicted octanol–water partition coefficient (Wildman–Crippen LogP) is 4.35. The van der Waals surface area contributed by atoms with Crippen molar-refractivity contribution in [1.29, 1.82) is 0 Å². The van der Waals surface area contributed by atoms with E-state index >= 15 is 0 Å². The third-order valence-corrected chi connectivity index (χ3v) is 6.11. The average molecular weight is 445 g/mol. The van der Waals surface area contributed by atoms with Gasteiger partial charge < -0.3 is 15.2 Å². The van der Waals surface area contributed by atoms with Gasteiger partial charge in [-0.3, -0.25) is 4.79 Å². The molecule has 0 radical (unpaired) electrons.